The van der Waals surface area contributed by atoms with Gasteiger partial charge in [0.2, 0.25) is 5.91 Å². The van der Waals surface area contributed by atoms with Crippen LogP contribution in [0.25, 0.3) is 17.0 Å². The zero-order chi connectivity index (χ0) is 12.4. The first-order valence-corrected chi connectivity index (χ1v) is 5.07. The van der Waals surface area contributed by atoms with Crippen LogP contribution < -0.4 is 11.2 Å². The minimum atomic E-state index is -0.603. The van der Waals surface area contributed by atoms with E-state index in [-0.39, 0.29) is 5.43 Å². The van der Waals surface area contributed by atoms with E-state index in [2.05, 4.69) is 0 Å². The number of rotatable bonds is 2. The summed E-state index contributed by atoms with van der Waals surface area (Å²) in [7, 11) is 0. The molecule has 0 unspecified atom stereocenters. The predicted octanol–water partition coefficient (Wildman–Crippen LogP) is 1.60. The third-order valence-corrected chi connectivity index (χ3v) is 2.38. The summed E-state index contributed by atoms with van der Waals surface area (Å²) in [6.45, 7) is 1.89. The molecule has 0 bridgehead atoms. The monoisotopic (exact) mass is 229 g/mol. The number of fused-ring (bicyclic) bond motifs is 1. The molecule has 17 heavy (non-hydrogen) atoms. The first kappa shape index (κ1) is 11.1. The molecule has 86 valence electrons. The van der Waals surface area contributed by atoms with Crippen LogP contribution in [0, 0.1) is 6.92 Å². The van der Waals surface area contributed by atoms with Crippen molar-refractivity contribution in [2.45, 2.75) is 6.92 Å². The van der Waals surface area contributed by atoms with Crippen molar-refractivity contribution in [1.29, 1.82) is 0 Å². The fraction of sp³-hybridized carbons (Fsp3) is 0.0769. The Morgan fingerprint density at radius 2 is 2.18 bits per heavy atom. The van der Waals surface area contributed by atoms with E-state index < -0.39 is 5.91 Å². The summed E-state index contributed by atoms with van der Waals surface area (Å²) in [5, 5.41) is 0.497. The summed E-state index contributed by atoms with van der Waals surface area (Å²) in [6, 6.07) is 5.36. The first-order valence-electron chi connectivity index (χ1n) is 5.07. The van der Waals surface area contributed by atoms with Crippen molar-refractivity contribution in [3.05, 3.63) is 51.9 Å². The van der Waals surface area contributed by atoms with E-state index in [0.717, 1.165) is 11.6 Å². The lowest BCUT2D eigenvalue weighted by molar-refractivity contribution is -0.113. The first-order chi connectivity index (χ1) is 8.08. The third kappa shape index (κ3) is 2.25. The summed E-state index contributed by atoms with van der Waals surface area (Å²) in [5.74, 6) is -0.603. The van der Waals surface area contributed by atoms with Gasteiger partial charge in [-0.05, 0) is 25.1 Å². The third-order valence-electron chi connectivity index (χ3n) is 2.38. The molecule has 1 aromatic heterocycles. The molecule has 0 saturated carbocycles. The molecule has 2 rings (SSSR count). The molecular weight excluding hydrogens is 218 g/mol. The average Bonchev–Trinajstić information content (AvgIpc) is 2.29. The van der Waals surface area contributed by atoms with Gasteiger partial charge in [0.15, 0.2) is 5.43 Å². The fourth-order valence-corrected chi connectivity index (χ4v) is 1.55. The molecule has 4 nitrogen and oxygen atoms in total. The van der Waals surface area contributed by atoms with Gasteiger partial charge in [-0.2, -0.15) is 0 Å². The van der Waals surface area contributed by atoms with E-state index in [4.69, 9.17) is 10.2 Å². The lowest BCUT2D eigenvalue weighted by Gasteiger charge is -1.99. The molecule has 0 fully saturated rings. The van der Waals surface area contributed by atoms with Gasteiger partial charge in [-0.15, -0.1) is 0 Å². The molecule has 0 saturated heterocycles. The Kier molecular flexibility index (Phi) is 2.78. The van der Waals surface area contributed by atoms with Crippen LogP contribution in [-0.2, 0) is 4.79 Å². The number of carbonyl (C=O) groups is 1. The number of benzene rings is 1. The Hall–Kier alpha value is -2.36. The SMILES string of the molecule is Cc1ccc2occ(/C=C/C(N)=O)c(=O)c2c1. The van der Waals surface area contributed by atoms with Gasteiger partial charge in [0.05, 0.1) is 10.9 Å². The Labute approximate surface area is 97.4 Å². The molecule has 0 aliphatic heterocycles. The van der Waals surface area contributed by atoms with Crippen molar-refractivity contribution in [3.8, 4) is 0 Å². The Bertz CT molecular complexity index is 668. The van der Waals surface area contributed by atoms with Gasteiger partial charge < -0.3 is 10.2 Å². The van der Waals surface area contributed by atoms with Gasteiger partial charge in [-0.3, -0.25) is 9.59 Å². The van der Waals surface area contributed by atoms with Crippen molar-refractivity contribution < 1.29 is 9.21 Å². The van der Waals surface area contributed by atoms with Crippen LogP contribution in [0.2, 0.25) is 0 Å². The quantitative estimate of drug-likeness (QED) is 0.795. The second-order valence-corrected chi connectivity index (χ2v) is 3.76. The van der Waals surface area contributed by atoms with Crippen LogP contribution in [0.5, 0.6) is 0 Å². The second kappa shape index (κ2) is 4.25. The number of hydrogen-bond donors (Lipinski definition) is 1. The van der Waals surface area contributed by atoms with Crippen molar-refractivity contribution >= 4 is 23.0 Å². The summed E-state index contributed by atoms with van der Waals surface area (Å²) < 4.78 is 5.31. The van der Waals surface area contributed by atoms with E-state index in [1.807, 2.05) is 13.0 Å². The standard InChI is InChI=1S/C13H11NO3/c1-8-2-4-11-10(6-8)13(16)9(7-17-11)3-5-12(14)15/h2-7H,1H3,(H2,14,15)/b5-3+. The Morgan fingerprint density at radius 3 is 2.88 bits per heavy atom. The molecule has 0 spiro atoms. The highest BCUT2D eigenvalue weighted by atomic mass is 16.3. The minimum absolute atomic E-state index is 0.174. The van der Waals surface area contributed by atoms with Crippen LogP contribution in [0.1, 0.15) is 11.1 Å². The lowest BCUT2D eigenvalue weighted by Crippen LogP contribution is -2.08. The predicted molar refractivity (Wildman–Crippen MR) is 65.4 cm³/mol. The summed E-state index contributed by atoms with van der Waals surface area (Å²) in [6.07, 6.45) is 3.81. The molecule has 0 atom stereocenters. The van der Waals surface area contributed by atoms with E-state index in [0.29, 0.717) is 16.5 Å². The van der Waals surface area contributed by atoms with Crippen molar-refractivity contribution in [1.82, 2.24) is 0 Å². The van der Waals surface area contributed by atoms with E-state index >= 15 is 0 Å². The van der Waals surface area contributed by atoms with E-state index in [1.54, 1.807) is 12.1 Å². The molecule has 2 aromatic rings. The van der Waals surface area contributed by atoms with Crippen LogP contribution in [0.4, 0.5) is 0 Å². The summed E-state index contributed by atoms with van der Waals surface area (Å²) in [5.41, 5.74) is 6.60. The summed E-state index contributed by atoms with van der Waals surface area (Å²) >= 11 is 0. The van der Waals surface area contributed by atoms with Gasteiger partial charge in [0.25, 0.3) is 0 Å². The molecule has 0 aliphatic rings. The molecular formula is C13H11NO3. The van der Waals surface area contributed by atoms with E-state index in [9.17, 15) is 9.59 Å². The number of hydrogen-bond acceptors (Lipinski definition) is 3. The van der Waals surface area contributed by atoms with Gasteiger partial charge in [-0.25, -0.2) is 0 Å². The fourth-order valence-electron chi connectivity index (χ4n) is 1.55. The maximum absolute atomic E-state index is 12.0. The van der Waals surface area contributed by atoms with Crippen LogP contribution in [0.15, 0.2) is 39.7 Å². The Morgan fingerprint density at radius 1 is 1.41 bits per heavy atom. The second-order valence-electron chi connectivity index (χ2n) is 3.76. The molecule has 1 aromatic carbocycles. The highest BCUT2D eigenvalue weighted by molar-refractivity contribution is 5.90. The average molecular weight is 229 g/mol. The van der Waals surface area contributed by atoms with Gasteiger partial charge in [0, 0.05) is 6.08 Å². The zero-order valence-corrected chi connectivity index (χ0v) is 9.27. The lowest BCUT2D eigenvalue weighted by atomic mass is 10.1. The van der Waals surface area contributed by atoms with Crippen molar-refractivity contribution in [2.24, 2.45) is 5.73 Å². The van der Waals surface area contributed by atoms with Crippen LogP contribution in [-0.4, -0.2) is 5.91 Å². The van der Waals surface area contributed by atoms with Gasteiger partial charge >= 0.3 is 0 Å². The largest absolute Gasteiger partial charge is 0.463 e. The highest BCUT2D eigenvalue weighted by Crippen LogP contribution is 2.13. The van der Waals surface area contributed by atoms with Crippen molar-refractivity contribution in [3.63, 3.8) is 0 Å². The van der Waals surface area contributed by atoms with Gasteiger partial charge in [0.1, 0.15) is 11.8 Å². The zero-order valence-electron chi connectivity index (χ0n) is 9.27. The number of nitrogens with two attached hydrogens (primary N) is 1. The molecule has 0 radical (unpaired) electrons. The maximum atomic E-state index is 12.0. The number of primary amides is 1. The number of carbonyl (C=O) groups excluding carboxylic acids is 1. The van der Waals surface area contributed by atoms with Crippen LogP contribution >= 0.6 is 0 Å². The van der Waals surface area contributed by atoms with Crippen molar-refractivity contribution in [2.75, 3.05) is 0 Å². The highest BCUT2D eigenvalue weighted by Gasteiger charge is 2.04. The number of aryl methyl sites for hydroxylation is 1. The normalized spacial score (nSPS) is 11.1. The van der Waals surface area contributed by atoms with E-state index in [1.165, 1.54) is 12.3 Å². The smallest absolute Gasteiger partial charge is 0.241 e. The topological polar surface area (TPSA) is 73.3 Å². The molecule has 1 heterocycles. The molecule has 1 amide bonds. The maximum Gasteiger partial charge on any atom is 0.241 e. The minimum Gasteiger partial charge on any atom is -0.463 e. The van der Waals surface area contributed by atoms with Crippen LogP contribution in [0.3, 0.4) is 0 Å². The molecule has 0 aliphatic carbocycles. The Balaban J connectivity index is 2.65. The number of amides is 1. The summed E-state index contributed by atoms with van der Waals surface area (Å²) in [4.78, 5) is 22.6. The molecule has 4 heteroatoms. The van der Waals surface area contributed by atoms with Gasteiger partial charge in [-0.1, -0.05) is 11.6 Å². The molecule has 2 N–H and O–H groups in total.